The van der Waals surface area contributed by atoms with Crippen LogP contribution in [0.4, 0.5) is 0 Å². The van der Waals surface area contributed by atoms with Crippen LogP contribution in [0.25, 0.3) is 16.9 Å². The van der Waals surface area contributed by atoms with Gasteiger partial charge in [0.2, 0.25) is 0 Å². The zero-order valence-electron chi connectivity index (χ0n) is 14.1. The second-order valence-electron chi connectivity index (χ2n) is 5.88. The molecular weight excluding hydrogens is 324 g/mol. The first-order valence-corrected chi connectivity index (χ1v) is 8.41. The highest BCUT2D eigenvalue weighted by atomic mass is 16.5. The van der Waals surface area contributed by atoms with Crippen molar-refractivity contribution in [3.63, 3.8) is 0 Å². The van der Waals surface area contributed by atoms with Gasteiger partial charge in [-0.05, 0) is 48.5 Å². The summed E-state index contributed by atoms with van der Waals surface area (Å²) in [6.45, 7) is -0.0650. The van der Waals surface area contributed by atoms with Gasteiger partial charge in [-0.1, -0.05) is 36.4 Å². The molecule has 0 unspecified atom stereocenters. The van der Waals surface area contributed by atoms with E-state index in [1.54, 1.807) is 4.68 Å². The van der Waals surface area contributed by atoms with Crippen molar-refractivity contribution in [1.29, 1.82) is 0 Å². The van der Waals surface area contributed by atoms with E-state index in [1.165, 1.54) is 0 Å². The van der Waals surface area contributed by atoms with Gasteiger partial charge in [-0.2, -0.15) is 5.10 Å². The van der Waals surface area contributed by atoms with Crippen molar-refractivity contribution in [2.24, 2.45) is 0 Å². The van der Waals surface area contributed by atoms with E-state index < -0.39 is 0 Å². The standard InChI is InChI=1S/C22H18N2O2/c25-16-18-15-24(19-7-3-1-4-8-19)23-22(18)17-11-13-21(14-12-17)26-20-9-5-2-6-10-20/h1-15,25H,16H2. The van der Waals surface area contributed by atoms with Crippen molar-refractivity contribution in [2.45, 2.75) is 6.61 Å². The molecule has 0 saturated carbocycles. The fourth-order valence-electron chi connectivity index (χ4n) is 2.79. The molecule has 0 fully saturated rings. The molecule has 0 amide bonds. The lowest BCUT2D eigenvalue weighted by atomic mass is 10.1. The van der Waals surface area contributed by atoms with E-state index in [4.69, 9.17) is 4.74 Å². The second kappa shape index (κ2) is 7.25. The van der Waals surface area contributed by atoms with Crippen LogP contribution in [0.5, 0.6) is 11.5 Å². The maximum atomic E-state index is 9.71. The van der Waals surface area contributed by atoms with Gasteiger partial charge in [0.15, 0.2) is 0 Å². The summed E-state index contributed by atoms with van der Waals surface area (Å²) < 4.78 is 7.61. The molecule has 1 heterocycles. The summed E-state index contributed by atoms with van der Waals surface area (Å²) in [6.07, 6.45) is 1.86. The summed E-state index contributed by atoms with van der Waals surface area (Å²) in [5.41, 5.74) is 3.44. The summed E-state index contributed by atoms with van der Waals surface area (Å²) in [4.78, 5) is 0. The summed E-state index contributed by atoms with van der Waals surface area (Å²) in [5.74, 6) is 1.55. The van der Waals surface area contributed by atoms with Crippen molar-refractivity contribution in [3.8, 4) is 28.4 Å². The van der Waals surface area contributed by atoms with Gasteiger partial charge in [-0.15, -0.1) is 0 Å². The van der Waals surface area contributed by atoms with Crippen molar-refractivity contribution in [1.82, 2.24) is 9.78 Å². The van der Waals surface area contributed by atoms with Gasteiger partial charge in [-0.25, -0.2) is 4.68 Å². The Hall–Kier alpha value is -3.37. The topological polar surface area (TPSA) is 47.3 Å². The fourth-order valence-corrected chi connectivity index (χ4v) is 2.79. The molecule has 1 aromatic heterocycles. The monoisotopic (exact) mass is 342 g/mol. The molecule has 4 rings (SSSR count). The van der Waals surface area contributed by atoms with Crippen molar-refractivity contribution in [2.75, 3.05) is 0 Å². The number of para-hydroxylation sites is 2. The third-order valence-corrected chi connectivity index (χ3v) is 4.09. The molecule has 0 bridgehead atoms. The fraction of sp³-hybridized carbons (Fsp3) is 0.0455. The molecule has 0 spiro atoms. The first-order valence-electron chi connectivity index (χ1n) is 8.41. The smallest absolute Gasteiger partial charge is 0.127 e. The van der Waals surface area contributed by atoms with Crippen LogP contribution < -0.4 is 4.74 Å². The van der Waals surface area contributed by atoms with E-state index in [2.05, 4.69) is 5.10 Å². The molecule has 26 heavy (non-hydrogen) atoms. The number of ether oxygens (including phenoxy) is 1. The first-order chi connectivity index (χ1) is 12.8. The van der Waals surface area contributed by atoms with Crippen LogP contribution >= 0.6 is 0 Å². The van der Waals surface area contributed by atoms with Crippen molar-refractivity contribution >= 4 is 0 Å². The Labute approximate surface area is 151 Å². The van der Waals surface area contributed by atoms with E-state index in [0.29, 0.717) is 0 Å². The van der Waals surface area contributed by atoms with Gasteiger partial charge in [0.1, 0.15) is 11.5 Å². The lowest BCUT2D eigenvalue weighted by Crippen LogP contribution is -1.94. The predicted molar refractivity (Wildman–Crippen MR) is 101 cm³/mol. The average molecular weight is 342 g/mol. The van der Waals surface area contributed by atoms with Gasteiger partial charge in [0.05, 0.1) is 18.0 Å². The summed E-state index contributed by atoms with van der Waals surface area (Å²) in [7, 11) is 0. The SMILES string of the molecule is OCc1cn(-c2ccccc2)nc1-c1ccc(Oc2ccccc2)cc1. The van der Waals surface area contributed by atoms with Crippen LogP contribution in [0.1, 0.15) is 5.56 Å². The Bertz CT molecular complexity index is 978. The number of hydrogen-bond acceptors (Lipinski definition) is 3. The molecule has 1 N–H and O–H groups in total. The molecule has 0 aliphatic heterocycles. The van der Waals surface area contributed by atoms with E-state index in [1.807, 2.05) is 91.1 Å². The Morgan fingerprint density at radius 2 is 1.38 bits per heavy atom. The quantitative estimate of drug-likeness (QED) is 0.565. The molecule has 3 aromatic carbocycles. The molecule has 0 saturated heterocycles. The summed E-state index contributed by atoms with van der Waals surface area (Å²) in [6, 6.07) is 27.2. The molecule has 4 aromatic rings. The zero-order chi connectivity index (χ0) is 17.8. The molecule has 128 valence electrons. The van der Waals surface area contributed by atoms with Crippen molar-refractivity contribution in [3.05, 3.63) is 96.7 Å². The maximum absolute atomic E-state index is 9.71. The molecule has 4 nitrogen and oxygen atoms in total. The number of hydrogen-bond donors (Lipinski definition) is 1. The largest absolute Gasteiger partial charge is 0.457 e. The Morgan fingerprint density at radius 3 is 2.04 bits per heavy atom. The summed E-state index contributed by atoms with van der Waals surface area (Å²) in [5, 5.41) is 14.4. The number of benzene rings is 3. The number of nitrogens with zero attached hydrogens (tertiary/aromatic N) is 2. The first kappa shape index (κ1) is 16.1. The van der Waals surface area contributed by atoms with E-state index in [9.17, 15) is 5.11 Å². The van der Waals surface area contributed by atoms with Crippen LogP contribution in [-0.2, 0) is 6.61 Å². The molecule has 0 aliphatic carbocycles. The molecule has 0 aliphatic rings. The van der Waals surface area contributed by atoms with E-state index in [0.717, 1.165) is 34.0 Å². The van der Waals surface area contributed by atoms with Crippen LogP contribution in [-0.4, -0.2) is 14.9 Å². The highest BCUT2D eigenvalue weighted by Gasteiger charge is 2.12. The number of rotatable bonds is 5. The molecule has 4 heteroatoms. The van der Waals surface area contributed by atoms with Gasteiger partial charge >= 0.3 is 0 Å². The van der Waals surface area contributed by atoms with Crippen LogP contribution in [0, 0.1) is 0 Å². The van der Waals surface area contributed by atoms with E-state index >= 15 is 0 Å². The third-order valence-electron chi connectivity index (χ3n) is 4.09. The van der Waals surface area contributed by atoms with Crippen LogP contribution in [0.2, 0.25) is 0 Å². The van der Waals surface area contributed by atoms with Crippen LogP contribution in [0.15, 0.2) is 91.1 Å². The lowest BCUT2D eigenvalue weighted by Gasteiger charge is -2.06. The molecular formula is C22H18N2O2. The third kappa shape index (κ3) is 3.36. The average Bonchev–Trinajstić information content (AvgIpc) is 3.15. The number of aliphatic hydroxyl groups excluding tert-OH is 1. The summed E-state index contributed by atoms with van der Waals surface area (Å²) >= 11 is 0. The highest BCUT2D eigenvalue weighted by molar-refractivity contribution is 5.64. The number of aliphatic hydroxyl groups is 1. The van der Waals surface area contributed by atoms with Crippen molar-refractivity contribution < 1.29 is 9.84 Å². The minimum Gasteiger partial charge on any atom is -0.457 e. The normalized spacial score (nSPS) is 10.7. The number of aromatic nitrogens is 2. The van der Waals surface area contributed by atoms with Gasteiger partial charge in [0, 0.05) is 17.3 Å². The molecule has 0 radical (unpaired) electrons. The molecule has 0 atom stereocenters. The van der Waals surface area contributed by atoms with Gasteiger partial charge < -0.3 is 9.84 Å². The van der Waals surface area contributed by atoms with E-state index in [-0.39, 0.29) is 6.61 Å². The predicted octanol–water partition coefficient (Wildman–Crippen LogP) is 4.82. The second-order valence-corrected chi connectivity index (χ2v) is 5.88. The van der Waals surface area contributed by atoms with Crippen LogP contribution in [0.3, 0.4) is 0 Å². The zero-order valence-corrected chi connectivity index (χ0v) is 14.1. The van der Waals surface area contributed by atoms with Gasteiger partial charge in [0.25, 0.3) is 0 Å². The Morgan fingerprint density at radius 1 is 0.769 bits per heavy atom. The minimum atomic E-state index is -0.0650. The Kier molecular flexibility index (Phi) is 4.50. The van der Waals surface area contributed by atoms with Gasteiger partial charge in [-0.3, -0.25) is 0 Å². The maximum Gasteiger partial charge on any atom is 0.127 e. The lowest BCUT2D eigenvalue weighted by molar-refractivity contribution is 0.282. The highest BCUT2D eigenvalue weighted by Crippen LogP contribution is 2.27. The minimum absolute atomic E-state index is 0.0650. The Balaban J connectivity index is 1.62.